The molecular weight excluding hydrogens is 446 g/mol. The van der Waals surface area contributed by atoms with Crippen molar-refractivity contribution in [1.29, 1.82) is 0 Å². The van der Waals surface area contributed by atoms with Gasteiger partial charge >= 0.3 is 0 Å². The number of aldehydes is 1. The molecule has 0 amide bonds. The fourth-order valence-corrected chi connectivity index (χ4v) is 2.88. The maximum Gasteiger partial charge on any atom is 0.139 e. The van der Waals surface area contributed by atoms with Gasteiger partial charge in [-0.15, -0.1) is 0 Å². The lowest BCUT2D eigenvalue weighted by molar-refractivity contribution is -0.106. The molecule has 0 bridgehead atoms. The van der Waals surface area contributed by atoms with Crippen LogP contribution in [0.2, 0.25) is 0 Å². The molecule has 2 rings (SSSR count). The third kappa shape index (κ3) is 20.8. The molecule has 5 heteroatoms. The van der Waals surface area contributed by atoms with E-state index in [4.69, 9.17) is 0 Å². The van der Waals surface area contributed by atoms with E-state index >= 15 is 0 Å². The Labute approximate surface area is 222 Å². The molecule has 0 radical (unpaired) electrons. The summed E-state index contributed by atoms with van der Waals surface area (Å²) in [5, 5.41) is 3.42. The zero-order valence-electron chi connectivity index (χ0n) is 24.1. The topological polar surface area (TPSA) is 53.9 Å². The molecule has 0 aliphatic carbocycles. The van der Waals surface area contributed by atoms with E-state index < -0.39 is 0 Å². The van der Waals surface area contributed by atoms with Crippen LogP contribution in [0.4, 0.5) is 5.69 Å². The van der Waals surface area contributed by atoms with E-state index in [-0.39, 0.29) is 0 Å². The number of benzene rings is 2. The number of anilines is 1. The van der Waals surface area contributed by atoms with E-state index in [0.29, 0.717) is 13.1 Å². The molecule has 2 aromatic carbocycles. The van der Waals surface area contributed by atoms with Gasteiger partial charge in [-0.3, -0.25) is 4.99 Å². The molecule has 0 saturated carbocycles. The quantitative estimate of drug-likeness (QED) is 0.170. The van der Waals surface area contributed by atoms with Crippen molar-refractivity contribution in [2.24, 2.45) is 4.99 Å². The van der Waals surface area contributed by atoms with Gasteiger partial charge in [0.1, 0.15) is 6.29 Å². The molecule has 0 heterocycles. The molecular formula is C31H53N3O2. The summed E-state index contributed by atoms with van der Waals surface area (Å²) < 4.78 is 4.54. The number of nitrogens with one attached hydrogen (secondary N) is 1. The molecule has 0 saturated heterocycles. The number of carbonyl (C=O) groups is 1. The number of nitrogens with zero attached hydrogens (tertiary/aromatic N) is 2. The summed E-state index contributed by atoms with van der Waals surface area (Å²) in [6.45, 7) is 17.3. The Kier molecular flexibility index (Phi) is 28.5. The van der Waals surface area contributed by atoms with Gasteiger partial charge < -0.3 is 19.7 Å². The summed E-state index contributed by atoms with van der Waals surface area (Å²) in [5.41, 5.74) is 3.37. The Bertz CT molecular complexity index is 716. The third-order valence-electron chi connectivity index (χ3n) is 4.66. The van der Waals surface area contributed by atoms with Crippen LogP contribution in [0.5, 0.6) is 0 Å². The number of hydrogen-bond acceptors (Lipinski definition) is 5. The number of carbonyl (C=O) groups excluding carboxylic acids is 1. The Morgan fingerprint density at radius 2 is 1.53 bits per heavy atom. The number of aliphatic imine (C=N–C) groups is 1. The van der Waals surface area contributed by atoms with Crippen molar-refractivity contribution in [2.75, 3.05) is 44.8 Å². The maximum atomic E-state index is 11.0. The Morgan fingerprint density at radius 3 is 2.06 bits per heavy atom. The molecule has 0 spiro atoms. The van der Waals surface area contributed by atoms with Crippen molar-refractivity contribution in [2.45, 2.75) is 73.8 Å². The first-order chi connectivity index (χ1) is 17.7. The standard InChI is InChI=1S/C23H31N3O.C3H8O.C3H8.C2H6/c1-2-14-24-15-6-7-16-26(17-18-27)23-12-10-22(11-13-23)20-25-19-21-8-4-3-5-9-21;1-3-4-2;1-3-2;1-2/h3-5,8-13,18-19,24H,2,6-7,14-17,20H2,1H3;3H2,1-2H3;3H2,1-2H3;1-2H3. The Hall–Kier alpha value is -2.50. The van der Waals surface area contributed by atoms with E-state index in [1.165, 1.54) is 18.4 Å². The van der Waals surface area contributed by atoms with Crippen LogP contribution in [0.1, 0.15) is 78.4 Å². The monoisotopic (exact) mass is 499 g/mol. The predicted octanol–water partition coefficient (Wildman–Crippen LogP) is 7.19. The van der Waals surface area contributed by atoms with E-state index in [9.17, 15) is 4.79 Å². The van der Waals surface area contributed by atoms with Crippen LogP contribution in [0.25, 0.3) is 0 Å². The molecule has 0 aliphatic rings. The first-order valence-electron chi connectivity index (χ1n) is 13.7. The minimum atomic E-state index is 0.438. The van der Waals surface area contributed by atoms with Crippen LogP contribution < -0.4 is 10.2 Å². The number of hydrogen-bond donors (Lipinski definition) is 1. The van der Waals surface area contributed by atoms with Crippen molar-refractivity contribution in [3.8, 4) is 0 Å². The van der Waals surface area contributed by atoms with Gasteiger partial charge in [0.25, 0.3) is 0 Å². The minimum Gasteiger partial charge on any atom is -0.385 e. The Morgan fingerprint density at radius 1 is 0.917 bits per heavy atom. The average Bonchev–Trinajstić information content (AvgIpc) is 2.93. The first kappa shape index (κ1) is 35.7. The third-order valence-corrected chi connectivity index (χ3v) is 4.66. The number of unbranched alkanes of at least 4 members (excludes halogenated alkanes) is 1. The molecule has 0 atom stereocenters. The normalized spacial score (nSPS) is 9.75. The van der Waals surface area contributed by atoms with Crippen molar-refractivity contribution in [3.05, 3.63) is 65.7 Å². The number of ether oxygens (including phenoxy) is 1. The van der Waals surface area contributed by atoms with E-state index in [2.05, 4.69) is 65.0 Å². The second kappa shape index (κ2) is 28.7. The maximum absolute atomic E-state index is 11.0. The summed E-state index contributed by atoms with van der Waals surface area (Å²) in [6.07, 6.45) is 7.50. The number of rotatable bonds is 14. The van der Waals surface area contributed by atoms with Gasteiger partial charge in [0.15, 0.2) is 0 Å². The first-order valence-corrected chi connectivity index (χ1v) is 13.7. The second-order valence-corrected chi connectivity index (χ2v) is 7.90. The molecule has 0 unspecified atom stereocenters. The summed E-state index contributed by atoms with van der Waals surface area (Å²) in [5.74, 6) is 0. The Balaban J connectivity index is 0. The number of methoxy groups -OCH3 is 1. The molecule has 0 fully saturated rings. The molecule has 0 aliphatic heterocycles. The van der Waals surface area contributed by atoms with Crippen molar-refractivity contribution < 1.29 is 9.53 Å². The van der Waals surface area contributed by atoms with Crippen molar-refractivity contribution in [3.63, 3.8) is 0 Å². The summed E-state index contributed by atoms with van der Waals surface area (Å²) >= 11 is 0. The van der Waals surface area contributed by atoms with Crippen molar-refractivity contribution in [1.82, 2.24) is 5.32 Å². The second-order valence-electron chi connectivity index (χ2n) is 7.90. The highest BCUT2D eigenvalue weighted by Crippen LogP contribution is 2.16. The molecule has 1 N–H and O–H groups in total. The smallest absolute Gasteiger partial charge is 0.139 e. The van der Waals surface area contributed by atoms with E-state index in [0.717, 1.165) is 56.6 Å². The lowest BCUT2D eigenvalue weighted by Gasteiger charge is -2.22. The largest absolute Gasteiger partial charge is 0.385 e. The van der Waals surface area contributed by atoms with Crippen LogP contribution >= 0.6 is 0 Å². The van der Waals surface area contributed by atoms with Crippen LogP contribution in [-0.4, -0.2) is 52.4 Å². The molecule has 2 aromatic rings. The minimum absolute atomic E-state index is 0.438. The van der Waals surface area contributed by atoms with Gasteiger partial charge in [-0.05, 0) is 62.5 Å². The lowest BCUT2D eigenvalue weighted by Crippen LogP contribution is -2.27. The van der Waals surface area contributed by atoms with Crippen molar-refractivity contribution >= 4 is 18.2 Å². The highest BCUT2D eigenvalue weighted by atomic mass is 16.5. The van der Waals surface area contributed by atoms with Crippen LogP contribution in [0.3, 0.4) is 0 Å². The fraction of sp³-hybridized carbons (Fsp3) is 0.548. The van der Waals surface area contributed by atoms with Gasteiger partial charge in [0.05, 0.1) is 13.1 Å². The van der Waals surface area contributed by atoms with Crippen LogP contribution in [0.15, 0.2) is 59.6 Å². The lowest BCUT2D eigenvalue weighted by atomic mass is 10.2. The molecule has 5 nitrogen and oxygen atoms in total. The van der Waals surface area contributed by atoms with Gasteiger partial charge in [0, 0.05) is 32.2 Å². The van der Waals surface area contributed by atoms with Crippen LogP contribution in [0, 0.1) is 0 Å². The van der Waals surface area contributed by atoms with Gasteiger partial charge in [-0.25, -0.2) is 0 Å². The van der Waals surface area contributed by atoms with Crippen LogP contribution in [-0.2, 0) is 16.1 Å². The van der Waals surface area contributed by atoms with Gasteiger partial charge in [0.2, 0.25) is 0 Å². The summed E-state index contributed by atoms with van der Waals surface area (Å²) in [6, 6.07) is 18.5. The van der Waals surface area contributed by atoms with Gasteiger partial charge in [-0.1, -0.05) is 83.5 Å². The predicted molar refractivity (Wildman–Crippen MR) is 160 cm³/mol. The highest BCUT2D eigenvalue weighted by molar-refractivity contribution is 5.79. The van der Waals surface area contributed by atoms with Gasteiger partial charge in [-0.2, -0.15) is 0 Å². The molecule has 36 heavy (non-hydrogen) atoms. The summed E-state index contributed by atoms with van der Waals surface area (Å²) in [7, 11) is 1.68. The molecule has 0 aromatic heterocycles. The van der Waals surface area contributed by atoms with E-state index in [1.807, 2.05) is 57.3 Å². The fourth-order valence-electron chi connectivity index (χ4n) is 2.88. The van der Waals surface area contributed by atoms with E-state index in [1.54, 1.807) is 7.11 Å². The zero-order chi connectivity index (χ0) is 27.3. The summed E-state index contributed by atoms with van der Waals surface area (Å²) in [4.78, 5) is 17.7. The SMILES string of the molecule is CC.CCC.CCCNCCCCN(CC=O)c1ccc(CN=Cc2ccccc2)cc1.CCOC. The highest BCUT2D eigenvalue weighted by Gasteiger charge is 2.05. The average molecular weight is 500 g/mol. The molecule has 204 valence electrons. The zero-order valence-corrected chi connectivity index (χ0v) is 24.1.